The van der Waals surface area contributed by atoms with Gasteiger partial charge >= 0.3 is 0 Å². The minimum atomic E-state index is 0.00604. The minimum absolute atomic E-state index is 0.00604. The van der Waals surface area contributed by atoms with Crippen LogP contribution in [0.25, 0.3) is 0 Å². The maximum atomic E-state index is 11.5. The van der Waals surface area contributed by atoms with Gasteiger partial charge in [0.05, 0.1) is 0 Å². The predicted molar refractivity (Wildman–Crippen MR) is 64.3 cm³/mol. The van der Waals surface area contributed by atoms with E-state index >= 15 is 0 Å². The molecule has 0 aromatic heterocycles. The molecule has 1 heterocycles. The highest BCUT2D eigenvalue weighted by molar-refractivity contribution is 5.77. The van der Waals surface area contributed by atoms with E-state index in [0.29, 0.717) is 12.5 Å². The van der Waals surface area contributed by atoms with Crippen LogP contribution in [0.3, 0.4) is 0 Å². The first-order valence-corrected chi connectivity index (χ1v) is 6.32. The van der Waals surface area contributed by atoms with Crippen LogP contribution in [0.15, 0.2) is 0 Å². The molecule has 0 saturated carbocycles. The molecule has 0 aliphatic carbocycles. The number of piperidine rings is 1. The third-order valence-electron chi connectivity index (χ3n) is 3.01. The lowest BCUT2D eigenvalue weighted by molar-refractivity contribution is -0.126. The van der Waals surface area contributed by atoms with Gasteiger partial charge in [0.1, 0.15) is 6.61 Å². The van der Waals surface area contributed by atoms with Gasteiger partial charge in [-0.05, 0) is 45.2 Å². The lowest BCUT2D eigenvalue weighted by Gasteiger charge is -2.28. The Bertz CT molecular complexity index is 203. The van der Waals surface area contributed by atoms with Gasteiger partial charge in [0.25, 0.3) is 0 Å². The fourth-order valence-electron chi connectivity index (χ4n) is 2.03. The van der Waals surface area contributed by atoms with E-state index in [1.807, 2.05) is 6.92 Å². The molecule has 1 fully saturated rings. The third-order valence-corrected chi connectivity index (χ3v) is 3.01. The Morgan fingerprint density at radius 3 is 3.06 bits per heavy atom. The van der Waals surface area contributed by atoms with Crippen molar-refractivity contribution in [1.29, 1.82) is 0 Å². The summed E-state index contributed by atoms with van der Waals surface area (Å²) in [6.45, 7) is 7.09. The molecule has 1 aliphatic rings. The van der Waals surface area contributed by atoms with Crippen molar-refractivity contribution in [1.82, 2.24) is 10.6 Å². The molecule has 4 heteroatoms. The van der Waals surface area contributed by atoms with E-state index in [1.54, 1.807) is 0 Å². The number of amides is 1. The van der Waals surface area contributed by atoms with Crippen molar-refractivity contribution in [2.75, 3.05) is 26.3 Å². The second kappa shape index (κ2) is 7.63. The first kappa shape index (κ1) is 13.5. The van der Waals surface area contributed by atoms with Crippen molar-refractivity contribution in [3.63, 3.8) is 0 Å². The molecule has 0 aromatic rings. The van der Waals surface area contributed by atoms with Crippen LogP contribution in [0.2, 0.25) is 0 Å². The summed E-state index contributed by atoms with van der Waals surface area (Å²) in [6.07, 6.45) is 3.36. The highest BCUT2D eigenvalue weighted by Crippen LogP contribution is 2.13. The SMILES string of the molecule is CCCOCC(=O)NC(C)C1CCCNC1. The molecule has 2 unspecified atom stereocenters. The average molecular weight is 228 g/mol. The lowest BCUT2D eigenvalue weighted by Crippen LogP contribution is -2.45. The zero-order chi connectivity index (χ0) is 11.8. The van der Waals surface area contributed by atoms with E-state index in [-0.39, 0.29) is 18.6 Å². The number of rotatable bonds is 6. The van der Waals surface area contributed by atoms with Crippen LogP contribution in [0.1, 0.15) is 33.1 Å². The van der Waals surface area contributed by atoms with Crippen LogP contribution in [0, 0.1) is 5.92 Å². The Labute approximate surface area is 98.1 Å². The van der Waals surface area contributed by atoms with Crippen molar-refractivity contribution >= 4 is 5.91 Å². The summed E-state index contributed by atoms with van der Waals surface area (Å²) >= 11 is 0. The Balaban J connectivity index is 2.16. The summed E-state index contributed by atoms with van der Waals surface area (Å²) in [5.74, 6) is 0.565. The maximum absolute atomic E-state index is 11.5. The molecular formula is C12H24N2O2. The summed E-state index contributed by atoms with van der Waals surface area (Å²) in [5.41, 5.74) is 0. The van der Waals surface area contributed by atoms with Crippen molar-refractivity contribution in [3.8, 4) is 0 Å². The van der Waals surface area contributed by atoms with Gasteiger partial charge in [0, 0.05) is 12.6 Å². The molecule has 2 atom stereocenters. The third kappa shape index (κ3) is 4.94. The fourth-order valence-corrected chi connectivity index (χ4v) is 2.03. The van der Waals surface area contributed by atoms with Crippen molar-refractivity contribution in [2.45, 2.75) is 39.2 Å². The van der Waals surface area contributed by atoms with E-state index in [9.17, 15) is 4.79 Å². The van der Waals surface area contributed by atoms with Crippen LogP contribution >= 0.6 is 0 Å². The molecule has 1 aliphatic heterocycles. The van der Waals surface area contributed by atoms with Crippen LogP contribution in [-0.4, -0.2) is 38.3 Å². The van der Waals surface area contributed by atoms with Gasteiger partial charge in [-0.1, -0.05) is 6.92 Å². The molecule has 1 saturated heterocycles. The summed E-state index contributed by atoms with van der Waals surface area (Å²) in [5, 5.41) is 6.36. The Morgan fingerprint density at radius 1 is 1.62 bits per heavy atom. The minimum Gasteiger partial charge on any atom is -0.372 e. The molecule has 0 aromatic carbocycles. The standard InChI is InChI=1S/C12H24N2O2/c1-3-7-16-9-12(15)14-10(2)11-5-4-6-13-8-11/h10-11,13H,3-9H2,1-2H3,(H,14,15). The van der Waals surface area contributed by atoms with Crippen LogP contribution in [-0.2, 0) is 9.53 Å². The highest BCUT2D eigenvalue weighted by Gasteiger charge is 2.20. The maximum Gasteiger partial charge on any atom is 0.246 e. The van der Waals surface area contributed by atoms with Gasteiger partial charge in [-0.25, -0.2) is 0 Å². The molecule has 0 radical (unpaired) electrons. The monoisotopic (exact) mass is 228 g/mol. The number of ether oxygens (including phenoxy) is 1. The Morgan fingerprint density at radius 2 is 2.44 bits per heavy atom. The summed E-state index contributed by atoms with van der Waals surface area (Å²) in [6, 6.07) is 0.241. The van der Waals surface area contributed by atoms with E-state index < -0.39 is 0 Å². The zero-order valence-electron chi connectivity index (χ0n) is 10.4. The topological polar surface area (TPSA) is 50.4 Å². The second-order valence-electron chi connectivity index (χ2n) is 4.52. The zero-order valence-corrected chi connectivity index (χ0v) is 10.4. The van der Waals surface area contributed by atoms with Gasteiger partial charge in [-0.2, -0.15) is 0 Å². The highest BCUT2D eigenvalue weighted by atomic mass is 16.5. The molecule has 16 heavy (non-hydrogen) atoms. The molecule has 0 spiro atoms. The number of hydrogen-bond acceptors (Lipinski definition) is 3. The number of nitrogens with one attached hydrogen (secondary N) is 2. The van der Waals surface area contributed by atoms with E-state index in [2.05, 4.69) is 17.6 Å². The summed E-state index contributed by atoms with van der Waals surface area (Å²) in [7, 11) is 0. The van der Waals surface area contributed by atoms with Gasteiger partial charge in [0.15, 0.2) is 0 Å². The smallest absolute Gasteiger partial charge is 0.246 e. The Hall–Kier alpha value is -0.610. The molecular weight excluding hydrogens is 204 g/mol. The van der Waals surface area contributed by atoms with Gasteiger partial charge in [-0.3, -0.25) is 4.79 Å². The molecule has 4 nitrogen and oxygen atoms in total. The van der Waals surface area contributed by atoms with Gasteiger partial charge in [0.2, 0.25) is 5.91 Å². The van der Waals surface area contributed by atoms with Crippen molar-refractivity contribution in [2.24, 2.45) is 5.92 Å². The van der Waals surface area contributed by atoms with Crippen molar-refractivity contribution in [3.05, 3.63) is 0 Å². The summed E-state index contributed by atoms with van der Waals surface area (Å²) < 4.78 is 5.21. The van der Waals surface area contributed by atoms with Gasteiger partial charge < -0.3 is 15.4 Å². The van der Waals surface area contributed by atoms with E-state index in [0.717, 1.165) is 19.5 Å². The lowest BCUT2D eigenvalue weighted by atomic mass is 9.93. The second-order valence-corrected chi connectivity index (χ2v) is 4.52. The number of carbonyl (C=O) groups is 1. The molecule has 1 rings (SSSR count). The van der Waals surface area contributed by atoms with Gasteiger partial charge in [-0.15, -0.1) is 0 Å². The summed E-state index contributed by atoms with van der Waals surface area (Å²) in [4.78, 5) is 11.5. The molecule has 2 N–H and O–H groups in total. The van der Waals surface area contributed by atoms with Crippen LogP contribution < -0.4 is 10.6 Å². The average Bonchev–Trinajstić information content (AvgIpc) is 2.30. The van der Waals surface area contributed by atoms with E-state index in [4.69, 9.17) is 4.74 Å². The first-order chi connectivity index (χ1) is 7.74. The molecule has 1 amide bonds. The van der Waals surface area contributed by atoms with Crippen LogP contribution in [0.5, 0.6) is 0 Å². The van der Waals surface area contributed by atoms with Crippen LogP contribution in [0.4, 0.5) is 0 Å². The van der Waals surface area contributed by atoms with E-state index in [1.165, 1.54) is 12.8 Å². The Kier molecular flexibility index (Phi) is 6.42. The molecule has 0 bridgehead atoms. The fraction of sp³-hybridized carbons (Fsp3) is 0.917. The van der Waals surface area contributed by atoms with Crippen molar-refractivity contribution < 1.29 is 9.53 Å². The largest absolute Gasteiger partial charge is 0.372 e. The predicted octanol–water partition coefficient (Wildman–Crippen LogP) is 0.917. The quantitative estimate of drug-likeness (QED) is 0.665. The molecule has 94 valence electrons. The number of carbonyl (C=O) groups excluding carboxylic acids is 1. The first-order valence-electron chi connectivity index (χ1n) is 6.32. The normalized spacial score (nSPS) is 22.8. The number of hydrogen-bond donors (Lipinski definition) is 2.